The van der Waals surface area contributed by atoms with Crippen LogP contribution in [0.3, 0.4) is 0 Å². The zero-order valence-corrected chi connectivity index (χ0v) is 9.44. The quantitative estimate of drug-likeness (QED) is 0.733. The first-order valence-corrected chi connectivity index (χ1v) is 5.44. The Hall–Kier alpha value is -1.36. The van der Waals surface area contributed by atoms with Gasteiger partial charge in [0.25, 0.3) is 0 Å². The van der Waals surface area contributed by atoms with E-state index in [0.717, 1.165) is 28.2 Å². The molecule has 3 rings (SSSR count). The number of hydrogen-bond acceptors (Lipinski definition) is 3. The van der Waals surface area contributed by atoms with Gasteiger partial charge >= 0.3 is 0 Å². The average molecular weight is 266 g/mol. The zero-order chi connectivity index (χ0) is 10.3. The second kappa shape index (κ2) is 3.34. The summed E-state index contributed by atoms with van der Waals surface area (Å²) in [5, 5.41) is 8.03. The van der Waals surface area contributed by atoms with Gasteiger partial charge in [-0.2, -0.15) is 0 Å². The SMILES string of the molecule is Brc1ccc2c(c1)-c1nncn1CCO2. The molecule has 1 aromatic heterocycles. The summed E-state index contributed by atoms with van der Waals surface area (Å²) in [4.78, 5) is 0. The van der Waals surface area contributed by atoms with Gasteiger partial charge in [0.15, 0.2) is 5.82 Å². The second-order valence-electron chi connectivity index (χ2n) is 3.34. The van der Waals surface area contributed by atoms with Crippen molar-refractivity contribution in [2.45, 2.75) is 6.54 Å². The molecule has 1 aromatic carbocycles. The highest BCUT2D eigenvalue weighted by Gasteiger charge is 2.16. The van der Waals surface area contributed by atoms with Gasteiger partial charge in [0.1, 0.15) is 18.7 Å². The first kappa shape index (κ1) is 8.91. The summed E-state index contributed by atoms with van der Waals surface area (Å²) in [6.45, 7) is 1.44. The molecular weight excluding hydrogens is 258 g/mol. The summed E-state index contributed by atoms with van der Waals surface area (Å²) in [5.74, 6) is 1.73. The molecule has 0 bridgehead atoms. The van der Waals surface area contributed by atoms with Crippen molar-refractivity contribution >= 4 is 15.9 Å². The van der Waals surface area contributed by atoms with E-state index in [9.17, 15) is 0 Å². The van der Waals surface area contributed by atoms with Gasteiger partial charge < -0.3 is 9.30 Å². The number of ether oxygens (including phenoxy) is 1. The van der Waals surface area contributed by atoms with Gasteiger partial charge in [-0.3, -0.25) is 0 Å². The minimum atomic E-state index is 0.652. The summed E-state index contributed by atoms with van der Waals surface area (Å²) in [5.41, 5.74) is 0.986. The van der Waals surface area contributed by atoms with E-state index >= 15 is 0 Å². The Morgan fingerprint density at radius 3 is 3.27 bits per heavy atom. The average Bonchev–Trinajstić information content (AvgIpc) is 2.62. The summed E-state index contributed by atoms with van der Waals surface area (Å²) in [6, 6.07) is 5.91. The lowest BCUT2D eigenvalue weighted by atomic mass is 10.2. The van der Waals surface area contributed by atoms with Crippen LogP contribution in [0, 0.1) is 0 Å². The molecule has 76 valence electrons. The lowest BCUT2D eigenvalue weighted by Gasteiger charge is -2.05. The van der Waals surface area contributed by atoms with Crippen molar-refractivity contribution in [1.29, 1.82) is 0 Å². The molecule has 1 aliphatic heterocycles. The van der Waals surface area contributed by atoms with E-state index in [2.05, 4.69) is 26.1 Å². The van der Waals surface area contributed by atoms with Crippen molar-refractivity contribution in [2.75, 3.05) is 6.61 Å². The number of nitrogens with zero attached hydrogens (tertiary/aromatic N) is 3. The number of benzene rings is 1. The maximum atomic E-state index is 5.63. The predicted octanol–water partition coefficient (Wildman–Crippen LogP) is 2.10. The number of aromatic nitrogens is 3. The molecule has 2 heterocycles. The zero-order valence-electron chi connectivity index (χ0n) is 7.85. The van der Waals surface area contributed by atoms with Crippen LogP contribution in [0.4, 0.5) is 0 Å². The van der Waals surface area contributed by atoms with Gasteiger partial charge in [-0.25, -0.2) is 0 Å². The molecule has 4 nitrogen and oxygen atoms in total. The molecule has 15 heavy (non-hydrogen) atoms. The highest BCUT2D eigenvalue weighted by atomic mass is 79.9. The van der Waals surface area contributed by atoms with Crippen molar-refractivity contribution < 1.29 is 4.74 Å². The molecule has 0 unspecified atom stereocenters. The van der Waals surface area contributed by atoms with Gasteiger partial charge in [-0.1, -0.05) is 15.9 Å². The van der Waals surface area contributed by atoms with Crippen LogP contribution in [-0.2, 0) is 6.54 Å². The number of rotatable bonds is 0. The molecule has 0 saturated heterocycles. The molecule has 0 radical (unpaired) electrons. The molecule has 0 spiro atoms. The van der Waals surface area contributed by atoms with Crippen LogP contribution in [0.15, 0.2) is 29.0 Å². The van der Waals surface area contributed by atoms with E-state index in [-0.39, 0.29) is 0 Å². The Labute approximate surface area is 95.0 Å². The van der Waals surface area contributed by atoms with Crippen molar-refractivity contribution in [2.24, 2.45) is 0 Å². The molecule has 0 amide bonds. The highest BCUT2D eigenvalue weighted by Crippen LogP contribution is 2.32. The third kappa shape index (κ3) is 1.43. The van der Waals surface area contributed by atoms with Crippen LogP contribution >= 0.6 is 15.9 Å². The molecule has 0 fully saturated rings. The van der Waals surface area contributed by atoms with Gasteiger partial charge in [0.05, 0.1) is 12.1 Å². The molecule has 0 saturated carbocycles. The van der Waals surface area contributed by atoms with E-state index in [4.69, 9.17) is 4.74 Å². The van der Waals surface area contributed by atoms with Gasteiger partial charge in [-0.15, -0.1) is 10.2 Å². The highest BCUT2D eigenvalue weighted by molar-refractivity contribution is 9.10. The molecule has 2 aromatic rings. The monoisotopic (exact) mass is 265 g/mol. The van der Waals surface area contributed by atoms with Crippen LogP contribution in [0.25, 0.3) is 11.4 Å². The predicted molar refractivity (Wildman–Crippen MR) is 58.7 cm³/mol. The van der Waals surface area contributed by atoms with Crippen LogP contribution in [0.1, 0.15) is 0 Å². The number of hydrogen-bond donors (Lipinski definition) is 0. The van der Waals surface area contributed by atoms with Gasteiger partial charge in [0, 0.05) is 4.47 Å². The molecule has 0 aliphatic carbocycles. The van der Waals surface area contributed by atoms with E-state index in [1.165, 1.54) is 0 Å². The van der Waals surface area contributed by atoms with Crippen molar-refractivity contribution in [3.05, 3.63) is 29.0 Å². The fraction of sp³-hybridized carbons (Fsp3) is 0.200. The maximum absolute atomic E-state index is 5.63. The van der Waals surface area contributed by atoms with Crippen molar-refractivity contribution in [3.63, 3.8) is 0 Å². The molecule has 0 atom stereocenters. The largest absolute Gasteiger partial charge is 0.491 e. The molecule has 1 aliphatic rings. The Morgan fingerprint density at radius 2 is 2.33 bits per heavy atom. The smallest absolute Gasteiger partial charge is 0.167 e. The summed E-state index contributed by atoms with van der Waals surface area (Å²) in [7, 11) is 0. The third-order valence-electron chi connectivity index (χ3n) is 2.39. The van der Waals surface area contributed by atoms with Crippen LogP contribution in [0.2, 0.25) is 0 Å². The van der Waals surface area contributed by atoms with Gasteiger partial charge in [0.2, 0.25) is 0 Å². The summed E-state index contributed by atoms with van der Waals surface area (Å²) in [6.07, 6.45) is 1.73. The second-order valence-corrected chi connectivity index (χ2v) is 4.25. The molecule has 5 heteroatoms. The normalized spacial score (nSPS) is 13.7. The minimum Gasteiger partial charge on any atom is -0.491 e. The van der Waals surface area contributed by atoms with Crippen LogP contribution in [-0.4, -0.2) is 21.4 Å². The van der Waals surface area contributed by atoms with Crippen LogP contribution in [0.5, 0.6) is 5.75 Å². The fourth-order valence-electron chi connectivity index (χ4n) is 1.68. The Balaban J connectivity index is 2.27. The molecular formula is C10H8BrN3O. The maximum Gasteiger partial charge on any atom is 0.167 e. The third-order valence-corrected chi connectivity index (χ3v) is 2.88. The lowest BCUT2D eigenvalue weighted by molar-refractivity contribution is 0.306. The Morgan fingerprint density at radius 1 is 1.40 bits per heavy atom. The minimum absolute atomic E-state index is 0.652. The summed E-state index contributed by atoms with van der Waals surface area (Å²) < 4.78 is 8.65. The van der Waals surface area contributed by atoms with Crippen molar-refractivity contribution in [1.82, 2.24) is 14.8 Å². The van der Waals surface area contributed by atoms with E-state index in [1.807, 2.05) is 22.8 Å². The topological polar surface area (TPSA) is 39.9 Å². The lowest BCUT2D eigenvalue weighted by Crippen LogP contribution is -2.04. The van der Waals surface area contributed by atoms with Crippen LogP contribution < -0.4 is 4.74 Å². The first-order valence-electron chi connectivity index (χ1n) is 4.65. The van der Waals surface area contributed by atoms with E-state index in [1.54, 1.807) is 6.33 Å². The standard InChI is InChI=1S/C10H8BrN3O/c11-7-1-2-9-8(5-7)10-13-12-6-14(10)3-4-15-9/h1-2,5-6H,3-4H2. The number of halogens is 1. The van der Waals surface area contributed by atoms with E-state index < -0.39 is 0 Å². The Kier molecular flexibility index (Phi) is 1.98. The molecule has 0 N–H and O–H groups in total. The van der Waals surface area contributed by atoms with Gasteiger partial charge in [-0.05, 0) is 18.2 Å². The number of fused-ring (bicyclic) bond motifs is 3. The first-order chi connectivity index (χ1) is 7.34. The Bertz CT molecular complexity index is 509. The summed E-state index contributed by atoms with van der Waals surface area (Å²) >= 11 is 3.44. The van der Waals surface area contributed by atoms with Crippen molar-refractivity contribution in [3.8, 4) is 17.1 Å². The van der Waals surface area contributed by atoms with E-state index in [0.29, 0.717) is 6.61 Å². The fourth-order valence-corrected chi connectivity index (χ4v) is 2.05.